The molecule has 1 atom stereocenters. The Bertz CT molecular complexity index is 1160. The van der Waals surface area contributed by atoms with E-state index in [1.165, 1.54) is 44.4 Å². The van der Waals surface area contributed by atoms with Crippen LogP contribution >= 0.6 is 23.2 Å². The molecule has 0 fully saturated rings. The van der Waals surface area contributed by atoms with Gasteiger partial charge in [0.1, 0.15) is 32.9 Å². The van der Waals surface area contributed by atoms with Crippen LogP contribution in [0.3, 0.4) is 0 Å². The Labute approximate surface area is 196 Å². The van der Waals surface area contributed by atoms with Crippen LogP contribution in [-0.4, -0.2) is 25.0 Å². The van der Waals surface area contributed by atoms with Crippen LogP contribution in [0.5, 0.6) is 0 Å². The van der Waals surface area contributed by atoms with Crippen LogP contribution in [0, 0.1) is 5.21 Å². The second-order valence-electron chi connectivity index (χ2n) is 7.37. The minimum atomic E-state index is -1.88. The Balaban J connectivity index is 2.21. The maximum Gasteiger partial charge on any atom is 0.404 e. The van der Waals surface area contributed by atoms with Crippen molar-refractivity contribution in [3.05, 3.63) is 75.1 Å². The van der Waals surface area contributed by atoms with E-state index in [9.17, 15) is 19.3 Å². The summed E-state index contributed by atoms with van der Waals surface area (Å²) < 4.78 is 20.8. The molecule has 170 valence electrons. The quantitative estimate of drug-likeness (QED) is 0.379. The first-order valence-corrected chi connectivity index (χ1v) is 11.2. The van der Waals surface area contributed by atoms with Crippen molar-refractivity contribution in [2.75, 3.05) is 0 Å². The molecule has 32 heavy (non-hydrogen) atoms. The molecular weight excluding hydrogens is 479 g/mol. The number of imidazole rings is 1. The average Bonchev–Trinajstić information content (AvgIpc) is 3.05. The number of halogens is 2. The van der Waals surface area contributed by atoms with Crippen LogP contribution in [0.25, 0.3) is 0 Å². The second kappa shape index (κ2) is 9.45. The molecule has 1 aromatic carbocycles. The molecule has 3 N–H and O–H groups in total. The first-order valence-electron chi connectivity index (χ1n) is 9.25. The van der Waals surface area contributed by atoms with Crippen molar-refractivity contribution in [2.24, 2.45) is 5.73 Å². The highest BCUT2D eigenvalue weighted by Crippen LogP contribution is 2.32. The summed E-state index contributed by atoms with van der Waals surface area (Å²) in [5.41, 5.74) is 4.40. The monoisotopic (exact) mass is 498 g/mol. The van der Waals surface area contributed by atoms with Crippen LogP contribution in [0.2, 0.25) is 10.0 Å². The van der Waals surface area contributed by atoms with Crippen LogP contribution in [0.1, 0.15) is 30.9 Å². The molecule has 2 aromatic heterocycles. The minimum Gasteiger partial charge on any atom is -0.619 e. The van der Waals surface area contributed by atoms with Gasteiger partial charge in [-0.2, -0.15) is 4.73 Å². The molecule has 0 aliphatic rings. The number of aromatic nitrogens is 3. The molecule has 0 bridgehead atoms. The molecule has 9 nitrogen and oxygen atoms in total. The molecule has 0 aliphatic carbocycles. The Morgan fingerprint density at radius 3 is 2.41 bits per heavy atom. The standard InChI is InChI=1S/C20H20Cl2N4O5S/c1-20(2,28)17-18(32(30)15-8-13(21)7-14(22)9-15)26(16(24-17)11-31-19(23)27)10-12-3-5-25(29)6-4-12/h3-9,28H,10-11H2,1-2H3,(H2,23,27). The van der Waals surface area contributed by atoms with Gasteiger partial charge in [-0.25, -0.2) is 14.0 Å². The summed E-state index contributed by atoms with van der Waals surface area (Å²) >= 11 is 12.2. The molecule has 1 amide bonds. The molecule has 2 heterocycles. The highest BCUT2D eigenvalue weighted by molar-refractivity contribution is 7.85. The number of benzene rings is 1. The van der Waals surface area contributed by atoms with E-state index in [0.29, 0.717) is 15.2 Å². The minimum absolute atomic E-state index is 0.116. The van der Waals surface area contributed by atoms with E-state index in [1.54, 1.807) is 16.7 Å². The number of hydrogen-bond donors (Lipinski definition) is 2. The van der Waals surface area contributed by atoms with Gasteiger partial charge in [-0.3, -0.25) is 0 Å². The number of ether oxygens (including phenoxy) is 1. The van der Waals surface area contributed by atoms with Gasteiger partial charge in [0.2, 0.25) is 0 Å². The number of primary amides is 1. The van der Waals surface area contributed by atoms with E-state index < -0.39 is 22.5 Å². The number of amides is 1. The van der Waals surface area contributed by atoms with E-state index in [1.807, 2.05) is 0 Å². The van der Waals surface area contributed by atoms with Crippen molar-refractivity contribution in [3.8, 4) is 0 Å². The number of carbonyl (C=O) groups is 1. The van der Waals surface area contributed by atoms with E-state index in [4.69, 9.17) is 33.7 Å². The fourth-order valence-electron chi connectivity index (χ4n) is 2.96. The van der Waals surface area contributed by atoms with E-state index in [0.717, 1.165) is 0 Å². The van der Waals surface area contributed by atoms with Gasteiger partial charge in [0.25, 0.3) is 0 Å². The molecule has 0 aliphatic heterocycles. The zero-order chi connectivity index (χ0) is 23.6. The summed E-state index contributed by atoms with van der Waals surface area (Å²) in [5, 5.41) is 22.9. The molecular formula is C20H20Cl2N4O5S. The third kappa shape index (κ3) is 5.57. The SMILES string of the molecule is CC(C)(O)c1nc(COC(N)=O)n(Cc2cc[n+]([O-])cc2)c1S(=O)c1cc(Cl)cc(Cl)c1. The number of nitrogens with zero attached hydrogens (tertiary/aromatic N) is 3. The molecule has 12 heteroatoms. The van der Waals surface area contributed by atoms with Gasteiger partial charge in [-0.1, -0.05) is 23.2 Å². The van der Waals surface area contributed by atoms with Crippen molar-refractivity contribution in [3.63, 3.8) is 0 Å². The van der Waals surface area contributed by atoms with Gasteiger partial charge >= 0.3 is 6.09 Å². The first-order chi connectivity index (χ1) is 15.0. The summed E-state index contributed by atoms with van der Waals surface area (Å²) in [7, 11) is -1.88. The molecule has 0 radical (unpaired) electrons. The van der Waals surface area contributed by atoms with Gasteiger partial charge in [0.15, 0.2) is 19.0 Å². The summed E-state index contributed by atoms with van der Waals surface area (Å²) in [6.45, 7) is 2.79. The maximum atomic E-state index is 13.7. The number of carbonyl (C=O) groups excluding carboxylic acids is 1. The lowest BCUT2D eigenvalue weighted by atomic mass is 10.1. The second-order valence-corrected chi connectivity index (χ2v) is 9.64. The van der Waals surface area contributed by atoms with E-state index in [-0.39, 0.29) is 39.7 Å². The van der Waals surface area contributed by atoms with Crippen LogP contribution < -0.4 is 10.5 Å². The Morgan fingerprint density at radius 2 is 1.88 bits per heavy atom. The summed E-state index contributed by atoms with van der Waals surface area (Å²) in [6, 6.07) is 7.66. The van der Waals surface area contributed by atoms with E-state index in [2.05, 4.69) is 4.98 Å². The number of pyridine rings is 1. The van der Waals surface area contributed by atoms with Crippen LogP contribution in [0.4, 0.5) is 4.79 Å². The number of nitrogens with two attached hydrogens (primary N) is 1. The maximum absolute atomic E-state index is 13.7. The van der Waals surface area contributed by atoms with Crippen LogP contribution in [0.15, 0.2) is 52.6 Å². The van der Waals surface area contributed by atoms with Gasteiger partial charge < -0.3 is 25.4 Å². The smallest absolute Gasteiger partial charge is 0.404 e. The Kier molecular flexibility index (Phi) is 7.09. The number of rotatable bonds is 7. The molecule has 0 saturated carbocycles. The third-order valence-electron chi connectivity index (χ3n) is 4.36. The Hall–Kier alpha value is -2.66. The fraction of sp³-hybridized carbons (Fsp3) is 0.250. The fourth-order valence-corrected chi connectivity index (χ4v) is 5.14. The number of hydrogen-bond acceptors (Lipinski definition) is 6. The topological polar surface area (TPSA) is 134 Å². The first kappa shape index (κ1) is 24.0. The lowest BCUT2D eigenvalue weighted by Crippen LogP contribution is -2.24. The lowest BCUT2D eigenvalue weighted by molar-refractivity contribution is -0.605. The molecule has 3 aromatic rings. The largest absolute Gasteiger partial charge is 0.619 e. The average molecular weight is 499 g/mol. The molecule has 0 spiro atoms. The summed E-state index contributed by atoms with van der Waals surface area (Å²) in [4.78, 5) is 15.9. The van der Waals surface area contributed by atoms with Gasteiger partial charge in [-0.05, 0) is 37.6 Å². The highest BCUT2D eigenvalue weighted by Gasteiger charge is 2.32. The zero-order valence-electron chi connectivity index (χ0n) is 17.1. The molecule has 1 unspecified atom stereocenters. The zero-order valence-corrected chi connectivity index (χ0v) is 19.4. The Morgan fingerprint density at radius 1 is 1.28 bits per heavy atom. The van der Waals surface area contributed by atoms with Crippen molar-refractivity contribution in [1.82, 2.24) is 9.55 Å². The predicted molar refractivity (Wildman–Crippen MR) is 117 cm³/mol. The van der Waals surface area contributed by atoms with Gasteiger partial charge in [0, 0.05) is 27.1 Å². The molecule has 0 saturated heterocycles. The molecule has 3 rings (SSSR count). The highest BCUT2D eigenvalue weighted by atomic mass is 35.5. The van der Waals surface area contributed by atoms with Gasteiger partial charge in [0.05, 0.1) is 6.54 Å². The normalized spacial score (nSPS) is 12.5. The predicted octanol–water partition coefficient (Wildman–Crippen LogP) is 2.86. The van der Waals surface area contributed by atoms with Crippen molar-refractivity contribution in [2.45, 2.75) is 42.5 Å². The summed E-state index contributed by atoms with van der Waals surface area (Å²) in [6.07, 6.45) is 1.62. The van der Waals surface area contributed by atoms with Crippen molar-refractivity contribution >= 4 is 40.1 Å². The summed E-state index contributed by atoms with van der Waals surface area (Å²) in [5.74, 6) is 0.205. The van der Waals surface area contributed by atoms with Crippen LogP contribution in [-0.2, 0) is 34.3 Å². The van der Waals surface area contributed by atoms with Crippen molar-refractivity contribution < 1.29 is 23.6 Å². The van der Waals surface area contributed by atoms with E-state index >= 15 is 0 Å². The third-order valence-corrected chi connectivity index (χ3v) is 6.23. The van der Waals surface area contributed by atoms with Gasteiger partial charge in [-0.15, -0.1) is 0 Å². The lowest BCUT2D eigenvalue weighted by Gasteiger charge is -2.18. The number of aliphatic hydroxyl groups is 1. The van der Waals surface area contributed by atoms with Crippen molar-refractivity contribution in [1.29, 1.82) is 0 Å².